The number of para-hydroxylation sites is 1. The maximum absolute atomic E-state index is 11.7. The van der Waals surface area contributed by atoms with E-state index in [4.69, 9.17) is 11.6 Å². The molecule has 6 nitrogen and oxygen atoms in total. The van der Waals surface area contributed by atoms with E-state index in [2.05, 4.69) is 27.2 Å². The number of halogens is 1. The number of aliphatic hydroxyl groups excluding tert-OH is 1. The second-order valence-corrected chi connectivity index (χ2v) is 7.08. The predicted molar refractivity (Wildman–Crippen MR) is 108 cm³/mol. The van der Waals surface area contributed by atoms with Gasteiger partial charge in [0.2, 0.25) is 5.95 Å². The summed E-state index contributed by atoms with van der Waals surface area (Å²) in [4.78, 5) is 20.5. The van der Waals surface area contributed by atoms with Gasteiger partial charge in [0.05, 0.1) is 12.3 Å². The van der Waals surface area contributed by atoms with E-state index in [0.29, 0.717) is 16.8 Å². The van der Waals surface area contributed by atoms with Crippen LogP contribution in [0, 0.1) is 0 Å². The van der Waals surface area contributed by atoms with Crippen LogP contribution in [0.3, 0.4) is 0 Å². The average Bonchev–Trinajstić information content (AvgIpc) is 2.67. The molecule has 3 N–H and O–H groups in total. The fourth-order valence-corrected chi connectivity index (χ4v) is 3.25. The molecule has 1 heterocycles. The van der Waals surface area contributed by atoms with Crippen molar-refractivity contribution in [3.05, 3.63) is 53.7 Å². The highest BCUT2D eigenvalue weighted by Crippen LogP contribution is 2.27. The Morgan fingerprint density at radius 3 is 2.78 bits per heavy atom. The number of benzene rings is 1. The topological polar surface area (TPSA) is 87.1 Å². The summed E-state index contributed by atoms with van der Waals surface area (Å²) >= 11 is 6.26. The van der Waals surface area contributed by atoms with Crippen LogP contribution in [0.5, 0.6) is 0 Å². The summed E-state index contributed by atoms with van der Waals surface area (Å²) in [5.41, 5.74) is 1.60. The first-order valence-electron chi connectivity index (χ1n) is 9.02. The van der Waals surface area contributed by atoms with Gasteiger partial charge in [-0.05, 0) is 43.4 Å². The van der Waals surface area contributed by atoms with Crippen LogP contribution in [0.4, 0.5) is 17.5 Å². The first-order chi connectivity index (χ1) is 13.0. The molecule has 0 atom stereocenters. The number of hydrogen-bond donors (Lipinski definition) is 3. The average molecular weight is 387 g/mol. The third-order valence-corrected chi connectivity index (χ3v) is 4.91. The molecule has 1 fully saturated rings. The molecular formula is C20H23ClN4O2. The van der Waals surface area contributed by atoms with Crippen molar-refractivity contribution < 1.29 is 9.90 Å². The van der Waals surface area contributed by atoms with E-state index in [1.54, 1.807) is 6.20 Å². The molecule has 0 saturated heterocycles. The molecule has 0 spiro atoms. The van der Waals surface area contributed by atoms with Crippen molar-refractivity contribution in [2.75, 3.05) is 10.6 Å². The Balaban J connectivity index is 1.75. The lowest BCUT2D eigenvalue weighted by Crippen LogP contribution is -2.29. The van der Waals surface area contributed by atoms with Crippen molar-refractivity contribution in [3.63, 3.8) is 0 Å². The molecule has 0 bridgehead atoms. The zero-order valence-electron chi connectivity index (χ0n) is 15.0. The Morgan fingerprint density at radius 2 is 2.04 bits per heavy atom. The molecule has 0 unspecified atom stereocenters. The van der Waals surface area contributed by atoms with E-state index in [9.17, 15) is 9.90 Å². The molecule has 3 rings (SSSR count). The summed E-state index contributed by atoms with van der Waals surface area (Å²) in [5.74, 6) is 0.909. The number of carbonyl (C=O) groups excluding carboxylic acids is 1. The molecule has 142 valence electrons. The number of nitrogens with zero attached hydrogens (tertiary/aromatic N) is 2. The summed E-state index contributed by atoms with van der Waals surface area (Å²) in [7, 11) is 0. The molecule has 1 aliphatic carbocycles. The maximum atomic E-state index is 11.7. The van der Waals surface area contributed by atoms with Gasteiger partial charge in [-0.2, -0.15) is 4.98 Å². The Morgan fingerprint density at radius 1 is 1.30 bits per heavy atom. The number of ketones is 1. The first-order valence-corrected chi connectivity index (χ1v) is 9.40. The minimum atomic E-state index is -0.207. The van der Waals surface area contributed by atoms with E-state index >= 15 is 0 Å². The number of aliphatic hydroxyl groups is 1. The molecule has 0 amide bonds. The van der Waals surface area contributed by atoms with Crippen LogP contribution in [0.2, 0.25) is 5.02 Å². The van der Waals surface area contributed by atoms with E-state index in [-0.39, 0.29) is 24.3 Å². The number of carbonyl (C=O) groups is 1. The van der Waals surface area contributed by atoms with Crippen LogP contribution in [0.1, 0.15) is 31.2 Å². The molecule has 0 aliphatic heterocycles. The summed E-state index contributed by atoms with van der Waals surface area (Å²) in [6.45, 7) is 3.52. The third-order valence-electron chi connectivity index (χ3n) is 4.64. The van der Waals surface area contributed by atoms with Crippen LogP contribution >= 0.6 is 11.6 Å². The highest BCUT2D eigenvalue weighted by Gasteiger charge is 2.20. The zero-order chi connectivity index (χ0) is 19.2. The number of hydrogen-bond acceptors (Lipinski definition) is 6. The minimum absolute atomic E-state index is 0.0557. The van der Waals surface area contributed by atoms with Gasteiger partial charge >= 0.3 is 0 Å². The molecule has 7 heteroatoms. The van der Waals surface area contributed by atoms with E-state index < -0.39 is 0 Å². The van der Waals surface area contributed by atoms with Gasteiger partial charge in [-0.3, -0.25) is 4.79 Å². The molecule has 27 heavy (non-hydrogen) atoms. The van der Waals surface area contributed by atoms with E-state index in [1.165, 1.54) is 6.08 Å². The maximum Gasteiger partial charge on any atom is 0.224 e. The second kappa shape index (κ2) is 8.97. The van der Waals surface area contributed by atoms with Crippen molar-refractivity contribution >= 4 is 34.8 Å². The summed E-state index contributed by atoms with van der Waals surface area (Å²) < 4.78 is 0. The molecule has 2 aromatic rings. The standard InChI is InChI=1S/C20H23ClN4O2/c1-2-15(26)11-13-5-3-4-6-18(13)24-19-17(21)12-22-20(25-19)23-14-7-9-16(27)10-8-14/h2-6,12,14,16,27H,1,7-11H2,(H2,22,23,24,25). The van der Waals surface area contributed by atoms with Crippen molar-refractivity contribution in [1.82, 2.24) is 9.97 Å². The Labute approximate surface area is 163 Å². The predicted octanol–water partition coefficient (Wildman–Crippen LogP) is 3.89. The van der Waals surface area contributed by atoms with Gasteiger partial charge in [-0.1, -0.05) is 36.4 Å². The van der Waals surface area contributed by atoms with Gasteiger partial charge in [0.25, 0.3) is 0 Å². The minimum Gasteiger partial charge on any atom is -0.393 e. The number of allylic oxidation sites excluding steroid dienone is 1. The third kappa shape index (κ3) is 5.28. The Kier molecular flexibility index (Phi) is 6.42. The molecule has 1 aromatic heterocycles. The van der Waals surface area contributed by atoms with Crippen LogP contribution in [-0.4, -0.2) is 33.0 Å². The second-order valence-electron chi connectivity index (χ2n) is 6.67. The van der Waals surface area contributed by atoms with Crippen LogP contribution in [0.25, 0.3) is 0 Å². The normalized spacial score (nSPS) is 19.3. The van der Waals surface area contributed by atoms with Crippen LogP contribution < -0.4 is 10.6 Å². The lowest BCUT2D eigenvalue weighted by atomic mass is 9.93. The summed E-state index contributed by atoms with van der Waals surface area (Å²) in [6.07, 6.45) is 6.23. The lowest BCUT2D eigenvalue weighted by Gasteiger charge is -2.26. The van der Waals surface area contributed by atoms with Gasteiger partial charge in [0.1, 0.15) is 5.02 Å². The first kappa shape index (κ1) is 19.3. The van der Waals surface area contributed by atoms with Crippen molar-refractivity contribution in [3.8, 4) is 0 Å². The van der Waals surface area contributed by atoms with E-state index in [0.717, 1.165) is 36.9 Å². The highest BCUT2D eigenvalue weighted by molar-refractivity contribution is 6.32. The molecule has 1 saturated carbocycles. The van der Waals surface area contributed by atoms with Crippen LogP contribution in [0.15, 0.2) is 43.1 Å². The Hall–Kier alpha value is -2.44. The van der Waals surface area contributed by atoms with Gasteiger partial charge in [0, 0.05) is 18.2 Å². The van der Waals surface area contributed by atoms with Gasteiger partial charge in [-0.15, -0.1) is 0 Å². The lowest BCUT2D eigenvalue weighted by molar-refractivity contribution is -0.114. The number of aromatic nitrogens is 2. The molecule has 0 radical (unpaired) electrons. The zero-order valence-corrected chi connectivity index (χ0v) is 15.7. The molecular weight excluding hydrogens is 364 g/mol. The number of rotatable bonds is 7. The van der Waals surface area contributed by atoms with Gasteiger partial charge in [-0.25, -0.2) is 4.98 Å². The monoisotopic (exact) mass is 386 g/mol. The Bertz CT molecular complexity index is 819. The fourth-order valence-electron chi connectivity index (χ4n) is 3.11. The molecule has 1 aromatic carbocycles. The SMILES string of the molecule is C=CC(=O)Cc1ccccc1Nc1nc(NC2CCC(O)CC2)ncc1Cl. The van der Waals surface area contributed by atoms with Gasteiger partial charge in [0.15, 0.2) is 11.6 Å². The summed E-state index contributed by atoms with van der Waals surface area (Å²) in [5, 5.41) is 16.5. The number of anilines is 3. The smallest absolute Gasteiger partial charge is 0.224 e. The highest BCUT2D eigenvalue weighted by atomic mass is 35.5. The quantitative estimate of drug-likeness (QED) is 0.626. The number of nitrogens with one attached hydrogen (secondary N) is 2. The van der Waals surface area contributed by atoms with Crippen molar-refractivity contribution in [2.24, 2.45) is 0 Å². The van der Waals surface area contributed by atoms with Crippen molar-refractivity contribution in [1.29, 1.82) is 0 Å². The van der Waals surface area contributed by atoms with Gasteiger partial charge < -0.3 is 15.7 Å². The van der Waals surface area contributed by atoms with Crippen molar-refractivity contribution in [2.45, 2.75) is 44.2 Å². The fraction of sp³-hybridized carbons (Fsp3) is 0.350. The largest absolute Gasteiger partial charge is 0.393 e. The van der Waals surface area contributed by atoms with Crippen LogP contribution in [-0.2, 0) is 11.2 Å². The van der Waals surface area contributed by atoms with E-state index in [1.807, 2.05) is 24.3 Å². The summed E-state index contributed by atoms with van der Waals surface area (Å²) in [6, 6.07) is 7.75. The molecule has 1 aliphatic rings.